The van der Waals surface area contributed by atoms with Crippen molar-refractivity contribution in [1.82, 2.24) is 10.6 Å². The number of hydrogen-bond donors (Lipinski definition) is 3. The second-order valence-corrected chi connectivity index (χ2v) is 3.96. The number of carbonyl (C=O) groups excluding carboxylic acids is 1. The number of nitro groups is 1. The first-order valence-corrected chi connectivity index (χ1v) is 5.50. The lowest BCUT2D eigenvalue weighted by atomic mass is 10.2. The standard InChI is InChI=1S/C11H12FN3O5/c1-6(10(16)17)14-11(18)13-5-7-2-8(12)4-9(3-7)15(19)20/h2-4,6H,5H2,1H3,(H,16,17)(H2,13,14,18). The van der Waals surface area contributed by atoms with Crippen molar-refractivity contribution in [2.45, 2.75) is 19.5 Å². The van der Waals surface area contributed by atoms with Crippen molar-refractivity contribution in [3.05, 3.63) is 39.7 Å². The molecule has 0 aliphatic heterocycles. The summed E-state index contributed by atoms with van der Waals surface area (Å²) in [5, 5.41) is 23.5. The zero-order valence-corrected chi connectivity index (χ0v) is 10.4. The number of carboxylic acids is 1. The highest BCUT2D eigenvalue weighted by atomic mass is 19.1. The van der Waals surface area contributed by atoms with Crippen LogP contribution in [0.3, 0.4) is 0 Å². The molecule has 1 atom stereocenters. The first kappa shape index (κ1) is 15.3. The summed E-state index contributed by atoms with van der Waals surface area (Å²) >= 11 is 0. The van der Waals surface area contributed by atoms with E-state index in [0.29, 0.717) is 0 Å². The minimum atomic E-state index is -1.21. The summed E-state index contributed by atoms with van der Waals surface area (Å²) in [5.41, 5.74) is -0.240. The molecule has 3 N–H and O–H groups in total. The maximum Gasteiger partial charge on any atom is 0.325 e. The number of urea groups is 1. The van der Waals surface area contributed by atoms with Gasteiger partial charge >= 0.3 is 12.0 Å². The molecule has 0 saturated heterocycles. The average Bonchev–Trinajstić information content (AvgIpc) is 2.35. The number of amides is 2. The zero-order valence-electron chi connectivity index (χ0n) is 10.4. The van der Waals surface area contributed by atoms with Crippen LogP contribution in [0.15, 0.2) is 18.2 Å². The van der Waals surface area contributed by atoms with Crippen molar-refractivity contribution < 1.29 is 24.0 Å². The number of rotatable bonds is 5. The van der Waals surface area contributed by atoms with Gasteiger partial charge in [-0.05, 0) is 18.6 Å². The van der Waals surface area contributed by atoms with Crippen molar-refractivity contribution in [2.24, 2.45) is 0 Å². The predicted molar refractivity (Wildman–Crippen MR) is 65.5 cm³/mol. The van der Waals surface area contributed by atoms with E-state index in [4.69, 9.17) is 5.11 Å². The highest BCUT2D eigenvalue weighted by Crippen LogP contribution is 2.16. The van der Waals surface area contributed by atoms with Gasteiger partial charge in [0.1, 0.15) is 11.9 Å². The van der Waals surface area contributed by atoms with Crippen LogP contribution >= 0.6 is 0 Å². The Hall–Kier alpha value is -2.71. The van der Waals surface area contributed by atoms with Gasteiger partial charge in [-0.25, -0.2) is 9.18 Å². The van der Waals surface area contributed by atoms with E-state index in [1.807, 2.05) is 0 Å². The first-order valence-electron chi connectivity index (χ1n) is 5.50. The number of nitrogens with one attached hydrogen (secondary N) is 2. The van der Waals surface area contributed by atoms with Crippen LogP contribution in [0.1, 0.15) is 12.5 Å². The fourth-order valence-corrected chi connectivity index (χ4v) is 1.33. The van der Waals surface area contributed by atoms with E-state index in [9.17, 15) is 24.1 Å². The number of hydrogen-bond acceptors (Lipinski definition) is 4. The van der Waals surface area contributed by atoms with Crippen molar-refractivity contribution in [1.29, 1.82) is 0 Å². The highest BCUT2D eigenvalue weighted by Gasteiger charge is 2.14. The van der Waals surface area contributed by atoms with Gasteiger partial charge in [-0.1, -0.05) is 0 Å². The van der Waals surface area contributed by atoms with Gasteiger partial charge in [0.2, 0.25) is 0 Å². The molecule has 108 valence electrons. The Balaban J connectivity index is 2.64. The molecular weight excluding hydrogens is 273 g/mol. The molecule has 9 heteroatoms. The summed E-state index contributed by atoms with van der Waals surface area (Å²) in [6.07, 6.45) is 0. The maximum absolute atomic E-state index is 13.1. The van der Waals surface area contributed by atoms with E-state index in [2.05, 4.69) is 10.6 Å². The number of aliphatic carboxylic acids is 1. The second kappa shape index (κ2) is 6.45. The van der Waals surface area contributed by atoms with E-state index in [1.165, 1.54) is 6.92 Å². The lowest BCUT2D eigenvalue weighted by Gasteiger charge is -2.10. The number of carboxylic acid groups (broad SMARTS) is 1. The van der Waals surface area contributed by atoms with Crippen molar-refractivity contribution >= 4 is 17.7 Å². The van der Waals surface area contributed by atoms with Crippen LogP contribution in [0.25, 0.3) is 0 Å². The maximum atomic E-state index is 13.1. The minimum Gasteiger partial charge on any atom is -0.480 e. The highest BCUT2D eigenvalue weighted by molar-refractivity contribution is 5.82. The van der Waals surface area contributed by atoms with Crippen molar-refractivity contribution in [3.63, 3.8) is 0 Å². The van der Waals surface area contributed by atoms with Crippen LogP contribution in [0.2, 0.25) is 0 Å². The molecule has 8 nitrogen and oxygen atoms in total. The third-order valence-electron chi connectivity index (χ3n) is 2.32. The lowest BCUT2D eigenvalue weighted by Crippen LogP contribution is -2.44. The first-order chi connectivity index (χ1) is 9.29. The molecule has 0 aliphatic rings. The van der Waals surface area contributed by atoms with Crippen molar-refractivity contribution in [3.8, 4) is 0 Å². The van der Waals surface area contributed by atoms with Crippen molar-refractivity contribution in [2.75, 3.05) is 0 Å². The third-order valence-corrected chi connectivity index (χ3v) is 2.32. The normalized spacial score (nSPS) is 11.5. The lowest BCUT2D eigenvalue weighted by molar-refractivity contribution is -0.385. The molecule has 0 heterocycles. The Bertz CT molecular complexity index is 549. The molecule has 1 unspecified atom stereocenters. The molecular formula is C11H12FN3O5. The molecule has 0 aromatic heterocycles. The molecule has 0 radical (unpaired) electrons. The van der Waals surface area contributed by atoms with Gasteiger partial charge in [0.25, 0.3) is 5.69 Å². The van der Waals surface area contributed by atoms with Crippen LogP contribution in [-0.4, -0.2) is 28.1 Å². The molecule has 1 rings (SSSR count). The van der Waals surface area contributed by atoms with Gasteiger partial charge in [-0.15, -0.1) is 0 Å². The fraction of sp³-hybridized carbons (Fsp3) is 0.273. The summed E-state index contributed by atoms with van der Waals surface area (Å²) in [7, 11) is 0. The number of carbonyl (C=O) groups is 2. The van der Waals surface area contributed by atoms with E-state index in [1.54, 1.807) is 0 Å². The van der Waals surface area contributed by atoms with Gasteiger partial charge < -0.3 is 15.7 Å². The third kappa shape index (κ3) is 4.52. The van der Waals surface area contributed by atoms with Gasteiger partial charge in [0, 0.05) is 12.6 Å². The SMILES string of the molecule is CC(NC(=O)NCc1cc(F)cc([N+](=O)[O-])c1)C(=O)O. The average molecular weight is 285 g/mol. The quantitative estimate of drug-likeness (QED) is 0.550. The van der Waals surface area contributed by atoms with Gasteiger partial charge in [0.15, 0.2) is 0 Å². The molecule has 2 amide bonds. The molecule has 20 heavy (non-hydrogen) atoms. The molecule has 0 bridgehead atoms. The molecule has 1 aromatic rings. The molecule has 0 aliphatic carbocycles. The van der Waals surface area contributed by atoms with E-state index >= 15 is 0 Å². The predicted octanol–water partition coefficient (Wildman–Crippen LogP) is 1.01. The van der Waals surface area contributed by atoms with Gasteiger partial charge in [-0.2, -0.15) is 0 Å². The number of benzene rings is 1. The zero-order chi connectivity index (χ0) is 15.3. The van der Waals surface area contributed by atoms with E-state index in [0.717, 1.165) is 18.2 Å². The monoisotopic (exact) mass is 285 g/mol. The molecule has 0 saturated carbocycles. The van der Waals surface area contributed by atoms with Gasteiger partial charge in [-0.3, -0.25) is 14.9 Å². The van der Waals surface area contributed by atoms with Gasteiger partial charge in [0.05, 0.1) is 11.0 Å². The summed E-state index contributed by atoms with van der Waals surface area (Å²) in [6.45, 7) is 1.10. The van der Waals surface area contributed by atoms with E-state index in [-0.39, 0.29) is 12.1 Å². The smallest absolute Gasteiger partial charge is 0.325 e. The summed E-state index contributed by atoms with van der Waals surface area (Å²) in [5.74, 6) is -2.00. The van der Waals surface area contributed by atoms with Crippen LogP contribution in [0.4, 0.5) is 14.9 Å². The van der Waals surface area contributed by atoms with Crippen LogP contribution in [0.5, 0.6) is 0 Å². The number of non-ortho nitro benzene ring substituents is 1. The largest absolute Gasteiger partial charge is 0.480 e. The number of halogens is 1. The summed E-state index contributed by atoms with van der Waals surface area (Å²) in [4.78, 5) is 31.6. The minimum absolute atomic E-state index is 0.170. The Labute approximate surface area is 112 Å². The Kier molecular flexibility index (Phi) is 4.95. The fourth-order valence-electron chi connectivity index (χ4n) is 1.33. The van der Waals surface area contributed by atoms with E-state index < -0.39 is 34.5 Å². The molecule has 0 fully saturated rings. The number of nitrogens with zero attached hydrogens (tertiary/aromatic N) is 1. The Morgan fingerprint density at radius 3 is 2.65 bits per heavy atom. The van der Waals surface area contributed by atoms with Crippen LogP contribution in [0, 0.1) is 15.9 Å². The van der Waals surface area contributed by atoms with Crippen LogP contribution < -0.4 is 10.6 Å². The Morgan fingerprint density at radius 2 is 2.10 bits per heavy atom. The summed E-state index contributed by atoms with van der Waals surface area (Å²) in [6, 6.07) is 1.05. The number of nitro benzene ring substituents is 1. The Morgan fingerprint density at radius 1 is 1.45 bits per heavy atom. The molecule has 0 spiro atoms. The molecule has 1 aromatic carbocycles. The summed E-state index contributed by atoms with van der Waals surface area (Å²) < 4.78 is 13.1. The second-order valence-electron chi connectivity index (χ2n) is 3.96. The topological polar surface area (TPSA) is 122 Å². The van der Waals surface area contributed by atoms with Crippen LogP contribution in [-0.2, 0) is 11.3 Å².